The molecule has 0 radical (unpaired) electrons. The number of methoxy groups -OCH3 is 1. The van der Waals surface area contributed by atoms with Gasteiger partial charge in [0.2, 0.25) is 0 Å². The average molecular weight is 434 g/mol. The molecule has 3 aromatic rings. The van der Waals surface area contributed by atoms with Gasteiger partial charge in [0.25, 0.3) is 0 Å². The molecule has 3 rings (SSSR count). The van der Waals surface area contributed by atoms with Crippen molar-refractivity contribution in [2.45, 2.75) is 44.3 Å². The Kier molecular flexibility index (Phi) is 6.00. The molecule has 0 amide bonds. The van der Waals surface area contributed by atoms with Crippen molar-refractivity contribution in [3.05, 3.63) is 29.7 Å². The smallest absolute Gasteiger partial charge is 0.186 e. The van der Waals surface area contributed by atoms with Crippen LogP contribution in [0.2, 0.25) is 0 Å². The predicted octanol–water partition coefficient (Wildman–Crippen LogP) is 3.31. The van der Waals surface area contributed by atoms with E-state index in [1.54, 1.807) is 40.0 Å². The number of nitrogens with zero attached hydrogens (tertiary/aromatic N) is 3. The van der Waals surface area contributed by atoms with Crippen LogP contribution in [0.4, 0.5) is 11.6 Å². The lowest BCUT2D eigenvalue weighted by Gasteiger charge is -2.22. The topological polar surface area (TPSA) is 119 Å². The van der Waals surface area contributed by atoms with Gasteiger partial charge in [-0.05, 0) is 40.7 Å². The molecule has 2 aromatic heterocycles. The number of rotatable bonds is 7. The molecule has 0 fully saturated rings. The Morgan fingerprint density at radius 1 is 1.10 bits per heavy atom. The fourth-order valence-corrected chi connectivity index (χ4v) is 4.09. The number of H-pyrrole nitrogens is 1. The molecular formula is C20H27N5O4S. The number of nitrogens with one attached hydrogen (secondary N) is 2. The monoisotopic (exact) mass is 433 g/mol. The van der Waals surface area contributed by atoms with Crippen LogP contribution >= 0.6 is 0 Å². The summed E-state index contributed by atoms with van der Waals surface area (Å²) in [4.78, 5) is 8.70. The Bertz CT molecular complexity index is 1170. The Hall–Kier alpha value is -2.72. The van der Waals surface area contributed by atoms with Gasteiger partial charge in [-0.3, -0.25) is 5.10 Å². The Balaban J connectivity index is 2.18. The minimum atomic E-state index is -3.70. The molecule has 0 aliphatic heterocycles. The van der Waals surface area contributed by atoms with Crippen LogP contribution in [0.25, 0.3) is 10.9 Å². The zero-order valence-electron chi connectivity index (χ0n) is 18.0. The molecule has 10 heteroatoms. The molecule has 30 heavy (non-hydrogen) atoms. The molecular weight excluding hydrogens is 406 g/mol. The van der Waals surface area contributed by atoms with Crippen LogP contribution in [0.1, 0.15) is 32.0 Å². The first-order valence-electron chi connectivity index (χ1n) is 9.50. The van der Waals surface area contributed by atoms with Crippen molar-refractivity contribution in [2.24, 2.45) is 0 Å². The van der Waals surface area contributed by atoms with Crippen LogP contribution in [0, 0.1) is 13.8 Å². The van der Waals surface area contributed by atoms with E-state index in [0.29, 0.717) is 29.1 Å². The van der Waals surface area contributed by atoms with Gasteiger partial charge in [-0.2, -0.15) is 5.10 Å². The zero-order valence-corrected chi connectivity index (χ0v) is 18.8. The zero-order chi connectivity index (χ0) is 22.1. The lowest BCUT2D eigenvalue weighted by molar-refractivity contribution is 0.144. The van der Waals surface area contributed by atoms with Crippen molar-refractivity contribution in [3.8, 4) is 5.75 Å². The van der Waals surface area contributed by atoms with Gasteiger partial charge in [0.15, 0.2) is 15.7 Å². The highest BCUT2D eigenvalue weighted by molar-refractivity contribution is 7.92. The largest absolute Gasteiger partial charge is 0.490 e. The number of anilines is 2. The fraction of sp³-hybridized carbons (Fsp3) is 0.450. The van der Waals surface area contributed by atoms with Gasteiger partial charge in [-0.1, -0.05) is 0 Å². The van der Waals surface area contributed by atoms with E-state index in [-0.39, 0.29) is 17.3 Å². The summed E-state index contributed by atoms with van der Waals surface area (Å²) < 4.78 is 36.3. The molecule has 0 aliphatic carbocycles. The molecule has 9 nitrogen and oxygen atoms in total. The van der Waals surface area contributed by atoms with Crippen molar-refractivity contribution < 1.29 is 17.9 Å². The molecule has 0 saturated carbocycles. The van der Waals surface area contributed by atoms with Crippen molar-refractivity contribution in [3.63, 3.8) is 0 Å². The lowest BCUT2D eigenvalue weighted by atomic mass is 10.2. The number of hydrogen-bond acceptors (Lipinski definition) is 8. The third-order valence-corrected chi connectivity index (χ3v) is 7.34. The summed E-state index contributed by atoms with van der Waals surface area (Å²) in [5.41, 5.74) is 2.43. The SMILES string of the molecule is COCCOc1cc2ncnc(Nc3n[nH]c(C)c3C)c2cc1S(=O)(=O)C(C)(C)C. The molecule has 0 spiro atoms. The molecule has 1 aromatic carbocycles. The van der Waals surface area contributed by atoms with E-state index < -0.39 is 14.6 Å². The second-order valence-corrected chi connectivity index (χ2v) is 10.6. The molecule has 2 heterocycles. The Morgan fingerprint density at radius 2 is 1.83 bits per heavy atom. The molecule has 162 valence electrons. The third kappa shape index (κ3) is 4.10. The summed E-state index contributed by atoms with van der Waals surface area (Å²) in [5, 5.41) is 10.9. The number of aromatic amines is 1. The number of ether oxygens (including phenoxy) is 2. The Morgan fingerprint density at radius 3 is 2.43 bits per heavy atom. The van der Waals surface area contributed by atoms with Crippen LogP contribution in [-0.2, 0) is 14.6 Å². The summed E-state index contributed by atoms with van der Waals surface area (Å²) in [6, 6.07) is 3.19. The van der Waals surface area contributed by atoms with E-state index in [0.717, 1.165) is 11.3 Å². The molecule has 2 N–H and O–H groups in total. The quantitative estimate of drug-likeness (QED) is 0.545. The van der Waals surface area contributed by atoms with E-state index in [1.165, 1.54) is 6.33 Å². The molecule has 0 aliphatic rings. The first-order chi connectivity index (χ1) is 14.1. The molecule has 0 unspecified atom stereocenters. The van der Waals surface area contributed by atoms with Crippen LogP contribution in [0.15, 0.2) is 23.4 Å². The van der Waals surface area contributed by atoms with Crippen LogP contribution in [0.3, 0.4) is 0 Å². The third-order valence-electron chi connectivity index (χ3n) is 4.83. The average Bonchev–Trinajstić information content (AvgIpc) is 2.99. The van der Waals surface area contributed by atoms with E-state index >= 15 is 0 Å². The van der Waals surface area contributed by atoms with E-state index in [9.17, 15) is 8.42 Å². The highest BCUT2D eigenvalue weighted by Crippen LogP contribution is 2.37. The normalized spacial score (nSPS) is 12.3. The van der Waals surface area contributed by atoms with Crippen molar-refractivity contribution >= 4 is 32.4 Å². The van der Waals surface area contributed by atoms with Crippen LogP contribution in [0.5, 0.6) is 5.75 Å². The van der Waals surface area contributed by atoms with Gasteiger partial charge in [0, 0.05) is 29.8 Å². The second kappa shape index (κ2) is 8.19. The number of sulfone groups is 1. The second-order valence-electron chi connectivity index (χ2n) is 7.94. The van der Waals surface area contributed by atoms with Gasteiger partial charge in [0.1, 0.15) is 29.4 Å². The first kappa shape index (κ1) is 22.0. The van der Waals surface area contributed by atoms with E-state index in [4.69, 9.17) is 9.47 Å². The van der Waals surface area contributed by atoms with Crippen molar-refractivity contribution in [1.82, 2.24) is 20.2 Å². The number of fused-ring (bicyclic) bond motifs is 1. The molecule has 0 atom stereocenters. The summed E-state index contributed by atoms with van der Waals surface area (Å²) in [5.74, 6) is 1.32. The van der Waals surface area contributed by atoms with E-state index in [1.807, 2.05) is 13.8 Å². The standard InChI is InChI=1S/C20H27N5O4S/c1-12-13(2)24-25-18(12)23-19-14-9-17(30(26,27)20(3,4)5)16(29-8-7-28-6)10-15(14)21-11-22-19/h9-11H,7-8H2,1-6H3,(H2,21,22,23,24,25). The minimum absolute atomic E-state index is 0.0892. The van der Waals surface area contributed by atoms with Gasteiger partial charge < -0.3 is 14.8 Å². The van der Waals surface area contributed by atoms with E-state index in [2.05, 4.69) is 25.5 Å². The highest BCUT2D eigenvalue weighted by atomic mass is 32.2. The van der Waals surface area contributed by atoms with Gasteiger partial charge in [0.05, 0.1) is 16.9 Å². The summed E-state index contributed by atoms with van der Waals surface area (Å²) in [6.07, 6.45) is 1.41. The first-order valence-corrected chi connectivity index (χ1v) is 11.0. The summed E-state index contributed by atoms with van der Waals surface area (Å²) in [7, 11) is -2.14. The molecule has 0 saturated heterocycles. The Labute approximate surface area is 176 Å². The number of aryl methyl sites for hydroxylation is 1. The van der Waals surface area contributed by atoms with Gasteiger partial charge in [-0.15, -0.1) is 0 Å². The van der Waals surface area contributed by atoms with Crippen LogP contribution in [-0.4, -0.2) is 53.7 Å². The lowest BCUT2D eigenvalue weighted by Crippen LogP contribution is -2.28. The maximum Gasteiger partial charge on any atom is 0.186 e. The number of hydrogen-bond donors (Lipinski definition) is 2. The van der Waals surface area contributed by atoms with Crippen LogP contribution < -0.4 is 10.1 Å². The van der Waals surface area contributed by atoms with Crippen molar-refractivity contribution in [1.29, 1.82) is 0 Å². The maximum absolute atomic E-state index is 13.3. The summed E-state index contributed by atoms with van der Waals surface area (Å²) in [6.45, 7) is 9.37. The van der Waals surface area contributed by atoms with Gasteiger partial charge in [-0.25, -0.2) is 18.4 Å². The highest BCUT2D eigenvalue weighted by Gasteiger charge is 2.34. The predicted molar refractivity (Wildman–Crippen MR) is 115 cm³/mol. The summed E-state index contributed by atoms with van der Waals surface area (Å²) >= 11 is 0. The fourth-order valence-electron chi connectivity index (χ4n) is 2.77. The number of aromatic nitrogens is 4. The molecule has 0 bridgehead atoms. The van der Waals surface area contributed by atoms with Crippen molar-refractivity contribution in [2.75, 3.05) is 25.6 Å². The minimum Gasteiger partial charge on any atom is -0.490 e. The maximum atomic E-state index is 13.3. The van der Waals surface area contributed by atoms with Gasteiger partial charge >= 0.3 is 0 Å². The number of benzene rings is 1.